The summed E-state index contributed by atoms with van der Waals surface area (Å²) in [5, 5.41) is 11.8. The van der Waals surface area contributed by atoms with E-state index in [4.69, 9.17) is 0 Å². The van der Waals surface area contributed by atoms with Gasteiger partial charge in [-0.3, -0.25) is 0 Å². The van der Waals surface area contributed by atoms with E-state index in [-0.39, 0.29) is 24.0 Å². The second-order valence-corrected chi connectivity index (χ2v) is 3.17. The molecule has 0 amide bonds. The van der Waals surface area contributed by atoms with Gasteiger partial charge in [-0.05, 0) is 18.4 Å². The van der Waals surface area contributed by atoms with Crippen molar-refractivity contribution in [1.82, 2.24) is 0 Å². The van der Waals surface area contributed by atoms with Crippen LogP contribution in [-0.4, -0.2) is 23.1 Å². The summed E-state index contributed by atoms with van der Waals surface area (Å²) in [7, 11) is 1.51. The summed E-state index contributed by atoms with van der Waals surface area (Å²) in [5.74, 6) is 0. The number of hydrogen-bond donors (Lipinski definition) is 0. The van der Waals surface area contributed by atoms with Crippen LogP contribution in [0.1, 0.15) is 5.56 Å². The lowest BCUT2D eigenvalue weighted by atomic mass is 10.2. The first-order chi connectivity index (χ1) is 5.75. The van der Waals surface area contributed by atoms with Crippen LogP contribution in [0.4, 0.5) is 0 Å². The molecule has 0 N–H and O–H groups in total. The van der Waals surface area contributed by atoms with Crippen molar-refractivity contribution < 1.29 is 4.74 Å². The molecule has 0 aromatic heterocycles. The summed E-state index contributed by atoms with van der Waals surface area (Å²) in [5.41, 5.74) is 0.975. The topological polar surface area (TPSA) is 26.1 Å². The molecular formula is C9H12INOS. The van der Waals surface area contributed by atoms with Gasteiger partial charge in [0.05, 0.1) is 5.56 Å². The number of halogens is 1. The Morgan fingerprint density at radius 2 is 1.85 bits per heavy atom. The Labute approximate surface area is 99.6 Å². The lowest BCUT2D eigenvalue weighted by Gasteiger charge is -2.03. The van der Waals surface area contributed by atoms with E-state index in [1.165, 1.54) is 18.8 Å². The van der Waals surface area contributed by atoms with Crippen molar-refractivity contribution in [3.05, 3.63) is 41.1 Å². The van der Waals surface area contributed by atoms with Crippen molar-refractivity contribution in [1.29, 1.82) is 0 Å². The maximum Gasteiger partial charge on any atom is 0.252 e. The molecule has 13 heavy (non-hydrogen) atoms. The molecule has 1 aromatic carbocycles. The highest BCUT2D eigenvalue weighted by atomic mass is 127. The quantitative estimate of drug-likeness (QED) is 0.199. The minimum atomic E-state index is 0. The zero-order valence-electron chi connectivity index (χ0n) is 7.56. The van der Waals surface area contributed by atoms with Crippen LogP contribution < -0.4 is 0 Å². The smallest absolute Gasteiger partial charge is 0.252 e. The highest BCUT2D eigenvalue weighted by Gasteiger charge is 2.07. The first-order valence-electron chi connectivity index (χ1n) is 3.63. The lowest BCUT2D eigenvalue weighted by molar-refractivity contribution is -0.418. The van der Waals surface area contributed by atoms with E-state index in [1.54, 1.807) is 0 Å². The fourth-order valence-electron chi connectivity index (χ4n) is 1.01. The van der Waals surface area contributed by atoms with Gasteiger partial charge in [-0.2, -0.15) is 0 Å². The third-order valence-corrected chi connectivity index (χ3v) is 2.38. The third-order valence-electron chi connectivity index (χ3n) is 1.50. The number of nitrogens with zero attached hydrogens (tertiary/aromatic N) is 1. The van der Waals surface area contributed by atoms with Crippen LogP contribution in [-0.2, 0) is 0 Å². The normalized spacial score (nSPS) is 11.5. The van der Waals surface area contributed by atoms with Crippen LogP contribution in [0.5, 0.6) is 0 Å². The van der Waals surface area contributed by atoms with E-state index in [0.717, 1.165) is 15.3 Å². The van der Waals surface area contributed by atoms with Crippen LogP contribution in [0, 0.1) is 5.21 Å². The van der Waals surface area contributed by atoms with Crippen molar-refractivity contribution in [2.45, 2.75) is 0 Å². The summed E-state index contributed by atoms with van der Waals surface area (Å²) in [4.78, 5) is 0. The van der Waals surface area contributed by atoms with Crippen molar-refractivity contribution >= 4 is 40.8 Å². The molecule has 0 heterocycles. The Kier molecular flexibility index (Phi) is 6.15. The van der Waals surface area contributed by atoms with Crippen molar-refractivity contribution in [2.75, 3.05) is 13.3 Å². The summed E-state index contributed by atoms with van der Waals surface area (Å²) in [6, 6.07) is 9.65. The molecule has 0 saturated carbocycles. The number of benzene rings is 1. The predicted octanol–water partition coefficient (Wildman–Crippen LogP) is 2.55. The highest BCUT2D eigenvalue weighted by Crippen LogP contribution is 2.09. The van der Waals surface area contributed by atoms with Crippen LogP contribution in [0.15, 0.2) is 30.3 Å². The number of hydroxylamine groups is 1. The van der Waals surface area contributed by atoms with Crippen LogP contribution in [0.3, 0.4) is 0 Å². The summed E-state index contributed by atoms with van der Waals surface area (Å²) in [6.45, 7) is 0. The maximum absolute atomic E-state index is 11.0. The van der Waals surface area contributed by atoms with E-state index < -0.39 is 0 Å². The monoisotopic (exact) mass is 309 g/mol. The molecule has 4 heteroatoms. The Balaban J connectivity index is 0.00000144. The first kappa shape index (κ1) is 12.8. The second-order valence-electron chi connectivity index (χ2n) is 2.37. The Morgan fingerprint density at radius 3 is 2.23 bits per heavy atom. The molecule has 2 nitrogen and oxygen atoms in total. The second kappa shape index (κ2) is 6.26. The Hall–Kier alpha value is -0.230. The molecule has 0 bridgehead atoms. The van der Waals surface area contributed by atoms with Gasteiger partial charge in [0, 0.05) is 0 Å². The van der Waals surface area contributed by atoms with Gasteiger partial charge in [0.15, 0.2) is 0 Å². The summed E-state index contributed by atoms with van der Waals surface area (Å²) >= 11 is 1.46. The van der Waals surface area contributed by atoms with Gasteiger partial charge in [-0.25, -0.2) is 4.74 Å². The van der Waals surface area contributed by atoms with E-state index in [0.29, 0.717) is 0 Å². The van der Waals surface area contributed by atoms with Gasteiger partial charge in [0.1, 0.15) is 7.05 Å². The van der Waals surface area contributed by atoms with E-state index in [1.807, 2.05) is 36.6 Å². The highest BCUT2D eigenvalue weighted by molar-refractivity contribution is 14.0. The molecule has 0 saturated heterocycles. The van der Waals surface area contributed by atoms with E-state index in [2.05, 4.69) is 0 Å². The number of thioether (sulfide) groups is 1. The number of rotatable bonds is 1. The molecule has 0 radical (unpaired) electrons. The third kappa shape index (κ3) is 3.56. The van der Waals surface area contributed by atoms with Crippen molar-refractivity contribution in [3.8, 4) is 0 Å². The molecule has 0 aliphatic heterocycles. The van der Waals surface area contributed by atoms with Crippen molar-refractivity contribution in [3.63, 3.8) is 0 Å². The molecule has 0 aliphatic carbocycles. The van der Waals surface area contributed by atoms with Gasteiger partial charge < -0.3 is 5.21 Å². The minimum Gasteiger partial charge on any atom is -0.623 e. The molecule has 1 aromatic rings. The molecule has 0 unspecified atom stereocenters. The van der Waals surface area contributed by atoms with Crippen LogP contribution in [0.2, 0.25) is 0 Å². The molecule has 0 atom stereocenters. The molecule has 1 rings (SSSR count). The van der Waals surface area contributed by atoms with Gasteiger partial charge in [-0.1, -0.05) is 30.0 Å². The van der Waals surface area contributed by atoms with E-state index in [9.17, 15) is 5.21 Å². The predicted molar refractivity (Wildman–Crippen MR) is 69.0 cm³/mol. The maximum atomic E-state index is 11.0. The standard InChI is InChI=1S/C9H11NOS.HI/c1-10(11)9(12-2)8-6-4-3-5-7-8;/h3-7H,1-2H3;1H/b10-9+;. The Bertz CT molecular complexity index is 283. The molecule has 72 valence electrons. The van der Waals surface area contributed by atoms with E-state index >= 15 is 0 Å². The van der Waals surface area contributed by atoms with Gasteiger partial charge in [0.25, 0.3) is 5.04 Å². The molecule has 0 fully saturated rings. The zero-order chi connectivity index (χ0) is 8.97. The fraction of sp³-hybridized carbons (Fsp3) is 0.222. The summed E-state index contributed by atoms with van der Waals surface area (Å²) < 4.78 is 0.889. The minimum absolute atomic E-state index is 0. The average Bonchev–Trinajstić information content (AvgIpc) is 2.07. The SMILES string of the molecule is CS/C(c1ccccc1)=[N+](\C)[O-].I. The molecular weight excluding hydrogens is 297 g/mol. The fourth-order valence-corrected chi connectivity index (χ4v) is 1.64. The Morgan fingerprint density at radius 1 is 1.31 bits per heavy atom. The van der Waals surface area contributed by atoms with Gasteiger partial charge >= 0.3 is 0 Å². The van der Waals surface area contributed by atoms with Crippen LogP contribution >= 0.6 is 35.7 Å². The molecule has 0 spiro atoms. The van der Waals surface area contributed by atoms with Gasteiger partial charge in [0.2, 0.25) is 0 Å². The largest absolute Gasteiger partial charge is 0.623 e. The zero-order valence-corrected chi connectivity index (χ0v) is 10.7. The molecule has 0 aliphatic rings. The number of hydrogen-bond acceptors (Lipinski definition) is 2. The van der Waals surface area contributed by atoms with Crippen LogP contribution in [0.25, 0.3) is 0 Å². The first-order valence-corrected chi connectivity index (χ1v) is 4.85. The van der Waals surface area contributed by atoms with Crippen molar-refractivity contribution in [2.24, 2.45) is 0 Å². The lowest BCUT2D eigenvalue weighted by Crippen LogP contribution is -2.08. The van der Waals surface area contributed by atoms with Gasteiger partial charge in [-0.15, -0.1) is 24.0 Å². The summed E-state index contributed by atoms with van der Waals surface area (Å²) in [6.07, 6.45) is 1.90. The average molecular weight is 309 g/mol.